The summed E-state index contributed by atoms with van der Waals surface area (Å²) in [5.41, 5.74) is 0.0825. The van der Waals surface area contributed by atoms with Crippen LogP contribution in [0, 0.1) is 0 Å². The molecule has 4 rings (SSSR count). The Morgan fingerprint density at radius 1 is 1.06 bits per heavy atom. The van der Waals surface area contributed by atoms with Crippen LogP contribution < -0.4 is 14.4 Å². The number of hydrogen-bond donors (Lipinski definition) is 1. The zero-order valence-electron chi connectivity index (χ0n) is 16.8. The molecule has 0 aromatic heterocycles. The largest absolute Gasteiger partial charge is 0.755 e. The number of anilines is 1. The fourth-order valence-corrected chi connectivity index (χ4v) is 3.86. The number of nitrogens with one attached hydrogen (secondary N) is 1. The van der Waals surface area contributed by atoms with E-state index >= 15 is 0 Å². The lowest BCUT2D eigenvalue weighted by Crippen LogP contribution is -2.40. The maximum atomic E-state index is 13.2. The fourth-order valence-electron chi connectivity index (χ4n) is 3.43. The zero-order valence-corrected chi connectivity index (χ0v) is 18.3. The molecule has 3 aromatic carbocycles. The van der Waals surface area contributed by atoms with Crippen LogP contribution in [0.3, 0.4) is 0 Å². The number of halogens is 4. The molecule has 1 N–H and O–H groups in total. The van der Waals surface area contributed by atoms with Crippen LogP contribution in [0.15, 0.2) is 77.8 Å². The van der Waals surface area contributed by atoms with Gasteiger partial charge in [-0.05, 0) is 66.2 Å². The number of aliphatic imine (C=N–C) groups is 1. The van der Waals surface area contributed by atoms with Crippen molar-refractivity contribution in [1.82, 2.24) is 4.72 Å². The van der Waals surface area contributed by atoms with Gasteiger partial charge in [0.25, 0.3) is 0 Å². The number of rotatable bonds is 5. The Morgan fingerprint density at radius 3 is 2.30 bits per heavy atom. The second kappa shape index (κ2) is 9.42. The Hall–Kier alpha value is -3.08. The van der Waals surface area contributed by atoms with Crippen molar-refractivity contribution < 1.29 is 26.7 Å². The minimum Gasteiger partial charge on any atom is -0.755 e. The van der Waals surface area contributed by atoms with E-state index in [1.165, 1.54) is 11.0 Å². The normalized spacial score (nSPS) is 16.9. The molecule has 1 aliphatic heterocycles. The van der Waals surface area contributed by atoms with Gasteiger partial charge in [0.15, 0.2) is 0 Å². The summed E-state index contributed by atoms with van der Waals surface area (Å²) in [6.07, 6.45) is -4.50. The number of nitrogens with zero attached hydrogens (tertiary/aromatic N) is 2. The van der Waals surface area contributed by atoms with Crippen LogP contribution in [0.1, 0.15) is 17.2 Å². The molecule has 33 heavy (non-hydrogen) atoms. The predicted octanol–water partition coefficient (Wildman–Crippen LogP) is 5.45. The van der Waals surface area contributed by atoms with Crippen molar-refractivity contribution in [1.29, 1.82) is 0 Å². The third-order valence-electron chi connectivity index (χ3n) is 4.89. The van der Waals surface area contributed by atoms with E-state index in [-0.39, 0.29) is 12.5 Å². The molecule has 0 fully saturated rings. The molecular weight excluding hydrogens is 479 g/mol. The lowest BCUT2D eigenvalue weighted by atomic mass is 10.0. The lowest BCUT2D eigenvalue weighted by molar-refractivity contribution is -0.137. The van der Waals surface area contributed by atoms with Crippen molar-refractivity contribution in [3.63, 3.8) is 0 Å². The van der Waals surface area contributed by atoms with Crippen molar-refractivity contribution in [2.24, 2.45) is 4.99 Å². The molecule has 2 unspecified atom stereocenters. The molecule has 0 spiro atoms. The van der Waals surface area contributed by atoms with E-state index < -0.39 is 29.0 Å². The summed E-state index contributed by atoms with van der Waals surface area (Å²) in [4.78, 5) is 5.73. The maximum absolute atomic E-state index is 13.2. The first-order valence-electron chi connectivity index (χ1n) is 9.61. The van der Waals surface area contributed by atoms with Crippen LogP contribution in [0.2, 0.25) is 5.02 Å². The van der Waals surface area contributed by atoms with Gasteiger partial charge in [-0.15, -0.1) is 0 Å². The molecular formula is C22H16ClF3N3O3S-. The molecule has 0 saturated carbocycles. The topological polar surface area (TPSA) is 77.0 Å². The first-order valence-corrected chi connectivity index (χ1v) is 11.1. The molecule has 0 radical (unpaired) electrons. The molecule has 1 heterocycles. The van der Waals surface area contributed by atoms with Gasteiger partial charge in [0.1, 0.15) is 11.5 Å². The van der Waals surface area contributed by atoms with Gasteiger partial charge in [-0.3, -0.25) is 8.93 Å². The molecule has 0 amide bonds. The van der Waals surface area contributed by atoms with Gasteiger partial charge in [-0.1, -0.05) is 23.7 Å². The first-order chi connectivity index (χ1) is 15.7. The van der Waals surface area contributed by atoms with Gasteiger partial charge in [0.05, 0.1) is 18.2 Å². The van der Waals surface area contributed by atoms with Crippen molar-refractivity contribution >= 4 is 34.5 Å². The number of hydrogen-bond acceptors (Lipinski definition) is 5. The summed E-state index contributed by atoms with van der Waals surface area (Å²) < 4.78 is 70.1. The summed E-state index contributed by atoms with van der Waals surface area (Å²) in [6.45, 7) is 0.0733. The van der Waals surface area contributed by atoms with Gasteiger partial charge < -0.3 is 14.2 Å². The quantitative estimate of drug-likeness (QED) is 0.478. The second-order valence-corrected chi connectivity index (χ2v) is 8.17. The van der Waals surface area contributed by atoms with Crippen LogP contribution in [-0.4, -0.2) is 21.3 Å². The monoisotopic (exact) mass is 494 g/mol. The summed E-state index contributed by atoms with van der Waals surface area (Å²) in [7, 11) is 0. The van der Waals surface area contributed by atoms with E-state index in [0.29, 0.717) is 27.8 Å². The van der Waals surface area contributed by atoms with E-state index in [2.05, 4.69) is 9.71 Å². The number of guanidine groups is 1. The van der Waals surface area contributed by atoms with Crippen molar-refractivity contribution in [2.45, 2.75) is 12.2 Å². The SMILES string of the molecule is O=S([O-])NC1=NCC(c2cccc(C(F)(F)F)c2)N1c1ccc(Oc2ccc(Cl)cc2)cc1. The molecule has 0 saturated heterocycles. The molecule has 172 valence electrons. The third kappa shape index (κ3) is 5.47. The van der Waals surface area contributed by atoms with Crippen LogP contribution in [0.4, 0.5) is 18.9 Å². The van der Waals surface area contributed by atoms with Gasteiger partial charge in [0.2, 0.25) is 5.96 Å². The van der Waals surface area contributed by atoms with Crippen molar-refractivity contribution in [3.8, 4) is 11.5 Å². The van der Waals surface area contributed by atoms with Crippen molar-refractivity contribution in [2.75, 3.05) is 11.4 Å². The smallest absolute Gasteiger partial charge is 0.416 e. The second-order valence-electron chi connectivity index (χ2n) is 7.06. The number of ether oxygens (including phenoxy) is 1. The maximum Gasteiger partial charge on any atom is 0.416 e. The molecule has 11 heteroatoms. The van der Waals surface area contributed by atoms with E-state index in [1.54, 1.807) is 54.6 Å². The van der Waals surface area contributed by atoms with Crippen LogP contribution in [-0.2, 0) is 17.4 Å². The number of alkyl halides is 3. The van der Waals surface area contributed by atoms with Crippen LogP contribution in [0.25, 0.3) is 0 Å². The van der Waals surface area contributed by atoms with Gasteiger partial charge in [-0.25, -0.2) is 4.99 Å². The highest BCUT2D eigenvalue weighted by Crippen LogP contribution is 2.36. The van der Waals surface area contributed by atoms with Gasteiger partial charge >= 0.3 is 6.18 Å². The predicted molar refractivity (Wildman–Crippen MR) is 119 cm³/mol. The Kier molecular flexibility index (Phi) is 6.59. The summed E-state index contributed by atoms with van der Waals surface area (Å²) in [5.74, 6) is 1.09. The fraction of sp³-hybridized carbons (Fsp3) is 0.136. The van der Waals surface area contributed by atoms with E-state index in [4.69, 9.17) is 16.3 Å². The molecule has 6 nitrogen and oxygen atoms in total. The molecule has 3 aromatic rings. The zero-order chi connectivity index (χ0) is 23.6. The highest BCUT2D eigenvalue weighted by Gasteiger charge is 2.34. The molecule has 0 aliphatic carbocycles. The lowest BCUT2D eigenvalue weighted by Gasteiger charge is -2.29. The highest BCUT2D eigenvalue weighted by molar-refractivity contribution is 7.77. The van der Waals surface area contributed by atoms with Crippen LogP contribution in [0.5, 0.6) is 11.5 Å². The van der Waals surface area contributed by atoms with E-state index in [1.807, 2.05) is 0 Å². The van der Waals surface area contributed by atoms with E-state index in [9.17, 15) is 21.9 Å². The molecule has 2 atom stereocenters. The summed E-state index contributed by atoms with van der Waals surface area (Å²) in [5, 5.41) is 0.572. The summed E-state index contributed by atoms with van der Waals surface area (Å²) >= 11 is 3.21. The average molecular weight is 495 g/mol. The van der Waals surface area contributed by atoms with Gasteiger partial charge in [-0.2, -0.15) is 13.2 Å². The van der Waals surface area contributed by atoms with Gasteiger partial charge in [0, 0.05) is 22.0 Å². The first kappa shape index (κ1) is 23.1. The Morgan fingerprint density at radius 2 is 1.70 bits per heavy atom. The Balaban J connectivity index is 1.63. The Labute approximate surface area is 195 Å². The Bertz CT molecular complexity index is 1190. The minimum absolute atomic E-state index is 0.0112. The van der Waals surface area contributed by atoms with Crippen molar-refractivity contribution in [3.05, 3.63) is 88.9 Å². The number of benzene rings is 3. The highest BCUT2D eigenvalue weighted by atomic mass is 35.5. The minimum atomic E-state index is -4.50. The molecule has 1 aliphatic rings. The summed E-state index contributed by atoms with van der Waals surface area (Å²) in [6, 6.07) is 17.7. The van der Waals surface area contributed by atoms with Crippen LogP contribution >= 0.6 is 11.6 Å². The molecule has 0 bridgehead atoms. The van der Waals surface area contributed by atoms with E-state index in [0.717, 1.165) is 12.1 Å². The third-order valence-corrected chi connectivity index (χ3v) is 5.49. The average Bonchev–Trinajstić information content (AvgIpc) is 3.18. The standard InChI is InChI=1S/C22H17ClF3N3O3S/c23-16-4-8-18(9-5-16)32-19-10-6-17(7-11-19)29-20(13-27-21(29)28-33(30)31)14-2-1-3-15(12-14)22(24,25)26/h1-12,20H,13H2,(H,27,28)(H,30,31)/p-1.